The first-order valence-electron chi connectivity index (χ1n) is 10.3. The number of rotatable bonds is 12. The van der Waals surface area contributed by atoms with E-state index in [-0.39, 0.29) is 11.4 Å². The number of nitrogens with zero attached hydrogens (tertiary/aromatic N) is 3. The van der Waals surface area contributed by atoms with E-state index in [0.717, 1.165) is 50.3 Å². The SMILES string of the molecule is CCCNc1[nH]ncc1C#CCCCNC(C)(C)CN(C)C(=O)/C=C/CN(C)C. The van der Waals surface area contributed by atoms with Crippen molar-refractivity contribution in [1.82, 2.24) is 25.3 Å². The summed E-state index contributed by atoms with van der Waals surface area (Å²) in [6.45, 7) is 9.51. The Bertz CT molecular complexity index is 696. The number of aromatic nitrogens is 2. The minimum atomic E-state index is -0.158. The van der Waals surface area contributed by atoms with Gasteiger partial charge in [-0.15, -0.1) is 0 Å². The minimum Gasteiger partial charge on any atom is -0.369 e. The van der Waals surface area contributed by atoms with Crippen LogP contribution in [-0.2, 0) is 4.79 Å². The summed E-state index contributed by atoms with van der Waals surface area (Å²) in [4.78, 5) is 16.0. The van der Waals surface area contributed by atoms with E-state index in [0.29, 0.717) is 6.54 Å². The van der Waals surface area contributed by atoms with Gasteiger partial charge >= 0.3 is 0 Å². The van der Waals surface area contributed by atoms with Crippen molar-refractivity contribution in [2.24, 2.45) is 0 Å². The molecular weight excluding hydrogens is 364 g/mol. The van der Waals surface area contributed by atoms with Crippen molar-refractivity contribution in [3.8, 4) is 11.8 Å². The molecule has 1 rings (SSSR count). The molecule has 162 valence electrons. The Hall–Kier alpha value is -2.30. The van der Waals surface area contributed by atoms with Gasteiger partial charge in [0.25, 0.3) is 0 Å². The van der Waals surface area contributed by atoms with Gasteiger partial charge in [0.05, 0.1) is 11.8 Å². The van der Waals surface area contributed by atoms with Crippen LogP contribution in [0.25, 0.3) is 0 Å². The number of carbonyl (C=O) groups excluding carboxylic acids is 1. The second-order valence-corrected chi connectivity index (χ2v) is 8.16. The average molecular weight is 403 g/mol. The predicted molar refractivity (Wildman–Crippen MR) is 121 cm³/mol. The zero-order valence-electron chi connectivity index (χ0n) is 18.9. The summed E-state index contributed by atoms with van der Waals surface area (Å²) < 4.78 is 0. The Kier molecular flexibility index (Phi) is 11.1. The molecule has 7 nitrogen and oxygen atoms in total. The van der Waals surface area contributed by atoms with Gasteiger partial charge in [0.15, 0.2) is 0 Å². The molecule has 0 bridgehead atoms. The van der Waals surface area contributed by atoms with Crippen LogP contribution in [0.3, 0.4) is 0 Å². The molecule has 1 aromatic rings. The average Bonchev–Trinajstić information content (AvgIpc) is 3.09. The lowest BCUT2D eigenvalue weighted by molar-refractivity contribution is -0.125. The Morgan fingerprint density at radius 1 is 1.31 bits per heavy atom. The van der Waals surface area contributed by atoms with E-state index in [4.69, 9.17) is 0 Å². The highest BCUT2D eigenvalue weighted by molar-refractivity contribution is 5.87. The molecule has 1 heterocycles. The fraction of sp³-hybridized carbons (Fsp3) is 0.636. The molecule has 3 N–H and O–H groups in total. The third-order valence-corrected chi connectivity index (χ3v) is 4.24. The summed E-state index contributed by atoms with van der Waals surface area (Å²) in [5.74, 6) is 7.31. The van der Waals surface area contributed by atoms with Crippen molar-refractivity contribution in [2.75, 3.05) is 52.6 Å². The Balaban J connectivity index is 2.34. The maximum atomic E-state index is 12.2. The topological polar surface area (TPSA) is 76.3 Å². The first-order chi connectivity index (χ1) is 13.7. The van der Waals surface area contributed by atoms with Crippen molar-refractivity contribution in [3.63, 3.8) is 0 Å². The molecule has 0 aliphatic carbocycles. The van der Waals surface area contributed by atoms with Crippen LogP contribution < -0.4 is 10.6 Å². The molecule has 0 saturated heterocycles. The van der Waals surface area contributed by atoms with Crippen LogP contribution in [-0.4, -0.2) is 78.8 Å². The Morgan fingerprint density at radius 2 is 2.07 bits per heavy atom. The standard InChI is InChI=1S/C22H38N6O/c1-7-14-23-21-19(17-25-26-21)12-9-8-10-15-24-22(2,3)18-28(6)20(29)13-11-16-27(4)5/h11,13,17,24H,7-8,10,14-16,18H2,1-6H3,(H2,23,25,26)/b13-11+. The molecule has 0 unspecified atom stereocenters. The van der Waals surface area contributed by atoms with Gasteiger partial charge < -0.3 is 20.4 Å². The smallest absolute Gasteiger partial charge is 0.246 e. The highest BCUT2D eigenvalue weighted by atomic mass is 16.2. The quantitative estimate of drug-likeness (QED) is 0.284. The Labute approximate surface area is 176 Å². The highest BCUT2D eigenvalue weighted by Gasteiger charge is 2.20. The van der Waals surface area contributed by atoms with Crippen molar-refractivity contribution in [3.05, 3.63) is 23.9 Å². The molecule has 29 heavy (non-hydrogen) atoms. The third-order valence-electron chi connectivity index (χ3n) is 4.24. The lowest BCUT2D eigenvalue weighted by atomic mass is 10.0. The predicted octanol–water partition coefficient (Wildman–Crippen LogP) is 2.31. The number of unbranched alkanes of at least 4 members (excludes halogenated alkanes) is 1. The van der Waals surface area contributed by atoms with Crippen LogP contribution in [0.5, 0.6) is 0 Å². The number of H-pyrrole nitrogens is 1. The summed E-state index contributed by atoms with van der Waals surface area (Å²) in [5.41, 5.74) is 0.754. The van der Waals surface area contributed by atoms with Gasteiger partial charge in [0, 0.05) is 44.7 Å². The lowest BCUT2D eigenvalue weighted by Gasteiger charge is -2.31. The maximum Gasteiger partial charge on any atom is 0.246 e. The number of nitrogens with one attached hydrogen (secondary N) is 3. The van der Waals surface area contributed by atoms with Gasteiger partial charge in [-0.3, -0.25) is 9.89 Å². The zero-order valence-corrected chi connectivity index (χ0v) is 18.9. The Morgan fingerprint density at radius 3 is 2.76 bits per heavy atom. The zero-order chi connectivity index (χ0) is 21.7. The number of hydrogen-bond donors (Lipinski definition) is 3. The molecule has 1 aromatic heterocycles. The number of carbonyl (C=O) groups is 1. The molecule has 0 aliphatic heterocycles. The van der Waals surface area contributed by atoms with Gasteiger partial charge in [-0.2, -0.15) is 5.10 Å². The van der Waals surface area contributed by atoms with Crippen molar-refractivity contribution < 1.29 is 4.79 Å². The summed E-state index contributed by atoms with van der Waals surface area (Å²) in [5, 5.41) is 13.8. The van der Waals surface area contributed by atoms with E-state index in [1.165, 1.54) is 0 Å². The maximum absolute atomic E-state index is 12.2. The van der Waals surface area contributed by atoms with E-state index >= 15 is 0 Å². The summed E-state index contributed by atoms with van der Waals surface area (Å²) in [7, 11) is 5.80. The van der Waals surface area contributed by atoms with Crippen molar-refractivity contribution >= 4 is 11.7 Å². The van der Waals surface area contributed by atoms with Crippen LogP contribution >= 0.6 is 0 Å². The van der Waals surface area contributed by atoms with Crippen LogP contribution in [0, 0.1) is 11.8 Å². The van der Waals surface area contributed by atoms with Gasteiger partial charge in [-0.25, -0.2) is 0 Å². The molecular formula is C22H38N6O. The molecule has 7 heteroatoms. The van der Waals surface area contributed by atoms with Crippen LogP contribution in [0.4, 0.5) is 5.82 Å². The van der Waals surface area contributed by atoms with Crippen molar-refractivity contribution in [1.29, 1.82) is 0 Å². The van der Waals surface area contributed by atoms with E-state index in [1.807, 2.05) is 32.1 Å². The second-order valence-electron chi connectivity index (χ2n) is 8.16. The third kappa shape index (κ3) is 10.7. The van der Waals surface area contributed by atoms with Crippen LogP contribution in [0.1, 0.15) is 45.6 Å². The molecule has 0 aromatic carbocycles. The van der Waals surface area contributed by atoms with Gasteiger partial charge in [0.1, 0.15) is 5.82 Å². The van der Waals surface area contributed by atoms with Crippen LogP contribution in [0.15, 0.2) is 18.3 Å². The number of aromatic amines is 1. The van der Waals surface area contributed by atoms with E-state index in [1.54, 1.807) is 17.2 Å². The summed E-state index contributed by atoms with van der Waals surface area (Å²) >= 11 is 0. The van der Waals surface area contributed by atoms with Gasteiger partial charge in [0.2, 0.25) is 5.91 Å². The lowest BCUT2D eigenvalue weighted by Crippen LogP contribution is -2.49. The normalized spacial score (nSPS) is 11.6. The van der Waals surface area contributed by atoms with Crippen molar-refractivity contribution in [2.45, 2.75) is 45.6 Å². The number of likely N-dealkylation sites (N-methyl/N-ethyl adjacent to an activating group) is 2. The van der Waals surface area contributed by atoms with E-state index < -0.39 is 0 Å². The molecule has 0 spiro atoms. The largest absolute Gasteiger partial charge is 0.369 e. The number of amides is 1. The second kappa shape index (κ2) is 13.0. The molecule has 0 radical (unpaired) electrons. The molecule has 0 atom stereocenters. The first kappa shape index (κ1) is 24.7. The number of anilines is 1. The summed E-state index contributed by atoms with van der Waals surface area (Å²) in [6, 6.07) is 0. The van der Waals surface area contributed by atoms with Gasteiger partial charge in [-0.1, -0.05) is 24.8 Å². The molecule has 1 amide bonds. The fourth-order valence-corrected chi connectivity index (χ4v) is 2.75. The first-order valence-corrected chi connectivity index (χ1v) is 10.3. The highest BCUT2D eigenvalue weighted by Crippen LogP contribution is 2.09. The van der Waals surface area contributed by atoms with E-state index in [9.17, 15) is 4.79 Å². The fourth-order valence-electron chi connectivity index (χ4n) is 2.75. The van der Waals surface area contributed by atoms with E-state index in [2.05, 4.69) is 53.4 Å². The van der Waals surface area contributed by atoms with Crippen LogP contribution in [0.2, 0.25) is 0 Å². The molecule has 0 saturated carbocycles. The molecule has 0 fully saturated rings. The van der Waals surface area contributed by atoms with Gasteiger partial charge in [-0.05, 0) is 47.3 Å². The molecule has 0 aliphatic rings. The number of hydrogen-bond acceptors (Lipinski definition) is 5. The summed E-state index contributed by atoms with van der Waals surface area (Å²) in [6.07, 6.45) is 8.11. The minimum absolute atomic E-state index is 0.0280. The monoisotopic (exact) mass is 402 g/mol.